The minimum atomic E-state index is -0.488. The number of halogens is 1. The number of imidazole rings is 1. The number of thiazole rings is 1. The first-order chi connectivity index (χ1) is 15.5. The number of aromatic nitrogens is 2. The molecule has 0 atom stereocenters. The number of nitrogens with zero attached hydrogens (tertiary/aromatic N) is 4. The second kappa shape index (κ2) is 8.04. The number of nitrogens with one attached hydrogen (secondary N) is 1. The standard InChI is InChI=1S/C22H18FN5O3S/c23-16-6-3-14(4-7-16)19-20(27-11-12-32-22(27)24-19)25-21(29)15-5-8-17(18(13-15)28(30)31)26-9-1-2-10-26/h3-8,11-13H,1-2,9-10H2,(H,25,29). The fraction of sp³-hybridized carbons (Fsp3) is 0.182. The van der Waals surface area contributed by atoms with E-state index >= 15 is 0 Å². The number of hydrogen-bond acceptors (Lipinski definition) is 6. The van der Waals surface area contributed by atoms with Crippen LogP contribution in [-0.4, -0.2) is 33.3 Å². The van der Waals surface area contributed by atoms with Crippen molar-refractivity contribution in [3.05, 3.63) is 75.5 Å². The molecule has 32 heavy (non-hydrogen) atoms. The third-order valence-electron chi connectivity index (χ3n) is 5.49. The highest BCUT2D eigenvalue weighted by molar-refractivity contribution is 7.15. The molecule has 0 bridgehead atoms. The number of anilines is 2. The molecule has 4 aromatic rings. The van der Waals surface area contributed by atoms with Crippen molar-refractivity contribution in [1.82, 2.24) is 9.38 Å². The first-order valence-corrected chi connectivity index (χ1v) is 11.0. The molecular weight excluding hydrogens is 433 g/mol. The number of fused-ring (bicyclic) bond motifs is 1. The Hall–Kier alpha value is -3.79. The van der Waals surface area contributed by atoms with Gasteiger partial charge < -0.3 is 10.2 Å². The highest BCUT2D eigenvalue weighted by Gasteiger charge is 2.25. The quantitative estimate of drug-likeness (QED) is 0.342. The Labute approximate surface area is 186 Å². The molecule has 1 saturated heterocycles. The number of rotatable bonds is 5. The summed E-state index contributed by atoms with van der Waals surface area (Å²) in [6.45, 7) is 1.53. The predicted octanol–water partition coefficient (Wildman–Crippen LogP) is 4.96. The highest BCUT2D eigenvalue weighted by Crippen LogP contribution is 2.34. The van der Waals surface area contributed by atoms with Crippen molar-refractivity contribution < 1.29 is 14.1 Å². The minimum absolute atomic E-state index is 0.0905. The van der Waals surface area contributed by atoms with Gasteiger partial charge in [0.15, 0.2) is 4.96 Å². The molecule has 162 valence electrons. The number of carbonyl (C=O) groups excluding carboxylic acids is 1. The van der Waals surface area contributed by atoms with Crippen molar-refractivity contribution in [3.8, 4) is 11.3 Å². The lowest BCUT2D eigenvalue weighted by atomic mass is 10.1. The van der Waals surface area contributed by atoms with Gasteiger partial charge in [-0.1, -0.05) is 0 Å². The Morgan fingerprint density at radius 1 is 1.16 bits per heavy atom. The Kier molecular flexibility index (Phi) is 5.06. The van der Waals surface area contributed by atoms with Crippen molar-refractivity contribution >= 4 is 39.4 Å². The molecule has 1 fully saturated rings. The van der Waals surface area contributed by atoms with Crippen LogP contribution in [0.3, 0.4) is 0 Å². The SMILES string of the molecule is O=C(Nc1c(-c2ccc(F)cc2)nc2sccn12)c1ccc(N2CCCC2)c([N+](=O)[O-])c1. The molecule has 1 N–H and O–H groups in total. The summed E-state index contributed by atoms with van der Waals surface area (Å²) in [5, 5.41) is 16.4. The van der Waals surface area contributed by atoms with E-state index in [4.69, 9.17) is 0 Å². The second-order valence-corrected chi connectivity index (χ2v) is 8.35. The van der Waals surface area contributed by atoms with Crippen LogP contribution in [0, 0.1) is 15.9 Å². The van der Waals surface area contributed by atoms with Crippen molar-refractivity contribution in [3.63, 3.8) is 0 Å². The van der Waals surface area contributed by atoms with E-state index in [1.165, 1.54) is 29.5 Å². The van der Waals surface area contributed by atoms with Gasteiger partial charge >= 0.3 is 0 Å². The molecule has 1 aliphatic heterocycles. The zero-order valence-corrected chi connectivity index (χ0v) is 17.6. The van der Waals surface area contributed by atoms with Gasteiger partial charge in [-0.25, -0.2) is 9.37 Å². The zero-order valence-electron chi connectivity index (χ0n) is 16.8. The molecule has 1 aliphatic rings. The summed E-state index contributed by atoms with van der Waals surface area (Å²) >= 11 is 1.40. The minimum Gasteiger partial charge on any atom is -0.366 e. The van der Waals surface area contributed by atoms with E-state index in [2.05, 4.69) is 10.3 Å². The van der Waals surface area contributed by atoms with Crippen molar-refractivity contribution in [1.29, 1.82) is 0 Å². The monoisotopic (exact) mass is 451 g/mol. The predicted molar refractivity (Wildman–Crippen MR) is 121 cm³/mol. The third kappa shape index (κ3) is 3.58. The van der Waals surface area contributed by atoms with Crippen LogP contribution in [0.2, 0.25) is 0 Å². The summed E-state index contributed by atoms with van der Waals surface area (Å²) in [7, 11) is 0. The van der Waals surface area contributed by atoms with Gasteiger partial charge in [0.25, 0.3) is 11.6 Å². The maximum absolute atomic E-state index is 13.4. The Balaban J connectivity index is 1.51. The molecule has 0 aliphatic carbocycles. The van der Waals surface area contributed by atoms with E-state index in [0.717, 1.165) is 25.9 Å². The first kappa shape index (κ1) is 20.1. The van der Waals surface area contributed by atoms with Gasteiger partial charge in [-0.15, -0.1) is 11.3 Å². The molecule has 1 amide bonds. The smallest absolute Gasteiger partial charge is 0.293 e. The molecule has 0 unspecified atom stereocenters. The van der Waals surface area contributed by atoms with E-state index in [9.17, 15) is 19.3 Å². The number of nitro benzene ring substituents is 1. The largest absolute Gasteiger partial charge is 0.366 e. The third-order valence-corrected chi connectivity index (χ3v) is 6.25. The lowest BCUT2D eigenvalue weighted by Crippen LogP contribution is -2.20. The first-order valence-electron chi connectivity index (χ1n) is 10.1. The van der Waals surface area contributed by atoms with Crippen molar-refractivity contribution in [2.24, 2.45) is 0 Å². The van der Waals surface area contributed by atoms with Gasteiger partial charge in [0.05, 0.1) is 4.92 Å². The van der Waals surface area contributed by atoms with E-state index < -0.39 is 10.8 Å². The van der Waals surface area contributed by atoms with Crippen molar-refractivity contribution in [2.75, 3.05) is 23.3 Å². The fourth-order valence-electron chi connectivity index (χ4n) is 3.93. The lowest BCUT2D eigenvalue weighted by molar-refractivity contribution is -0.384. The van der Waals surface area contributed by atoms with E-state index in [1.807, 2.05) is 10.3 Å². The van der Waals surface area contributed by atoms with Crippen molar-refractivity contribution in [2.45, 2.75) is 12.8 Å². The van der Waals surface area contributed by atoms with E-state index in [0.29, 0.717) is 27.7 Å². The van der Waals surface area contributed by atoms with Gasteiger partial charge in [-0.2, -0.15) is 0 Å². The topological polar surface area (TPSA) is 92.8 Å². The van der Waals surface area contributed by atoms with Gasteiger partial charge in [-0.3, -0.25) is 19.3 Å². The Bertz CT molecular complexity index is 1330. The number of nitro groups is 1. The Morgan fingerprint density at radius 3 is 2.62 bits per heavy atom. The van der Waals surface area contributed by atoms with Gasteiger partial charge in [0.1, 0.15) is 23.0 Å². The average Bonchev–Trinajstić information content (AvgIpc) is 3.53. The van der Waals surface area contributed by atoms with Crippen LogP contribution in [0.15, 0.2) is 54.0 Å². The highest BCUT2D eigenvalue weighted by atomic mass is 32.1. The molecule has 0 spiro atoms. The van der Waals surface area contributed by atoms with Crippen LogP contribution < -0.4 is 10.2 Å². The number of hydrogen-bond donors (Lipinski definition) is 1. The number of benzene rings is 2. The molecule has 3 heterocycles. The fourth-order valence-corrected chi connectivity index (χ4v) is 4.64. The summed E-state index contributed by atoms with van der Waals surface area (Å²) in [6, 6.07) is 10.4. The normalized spacial score (nSPS) is 13.6. The molecule has 8 nitrogen and oxygen atoms in total. The molecule has 10 heteroatoms. The summed E-state index contributed by atoms with van der Waals surface area (Å²) in [4.78, 5) is 31.5. The molecule has 0 radical (unpaired) electrons. The van der Waals surface area contributed by atoms with Crippen LogP contribution in [0.25, 0.3) is 16.2 Å². The van der Waals surface area contributed by atoms with Gasteiger partial charge in [-0.05, 0) is 49.2 Å². The van der Waals surface area contributed by atoms with Crippen LogP contribution in [0.4, 0.5) is 21.6 Å². The second-order valence-electron chi connectivity index (χ2n) is 7.48. The molecule has 5 rings (SSSR count). The molecule has 2 aromatic carbocycles. The molecule has 0 saturated carbocycles. The summed E-state index contributed by atoms with van der Waals surface area (Å²) in [5.74, 6) is -0.438. The summed E-state index contributed by atoms with van der Waals surface area (Å²) in [5.41, 5.74) is 1.75. The molecule has 2 aromatic heterocycles. The number of carbonyl (C=O) groups is 1. The molecular formula is C22H18FN5O3S. The van der Waals surface area contributed by atoms with E-state index in [-0.39, 0.29) is 17.1 Å². The van der Waals surface area contributed by atoms with Crippen LogP contribution >= 0.6 is 11.3 Å². The van der Waals surface area contributed by atoms with Crippen LogP contribution in [-0.2, 0) is 0 Å². The lowest BCUT2D eigenvalue weighted by Gasteiger charge is -2.17. The maximum atomic E-state index is 13.4. The van der Waals surface area contributed by atoms with Gasteiger partial charge in [0, 0.05) is 41.9 Å². The number of amides is 1. The van der Waals surface area contributed by atoms with E-state index in [1.54, 1.807) is 34.9 Å². The summed E-state index contributed by atoms with van der Waals surface area (Å²) in [6.07, 6.45) is 3.75. The summed E-state index contributed by atoms with van der Waals surface area (Å²) < 4.78 is 15.1. The van der Waals surface area contributed by atoms with Crippen LogP contribution in [0.1, 0.15) is 23.2 Å². The zero-order chi connectivity index (χ0) is 22.2. The average molecular weight is 451 g/mol. The van der Waals surface area contributed by atoms with Crippen LogP contribution in [0.5, 0.6) is 0 Å². The maximum Gasteiger partial charge on any atom is 0.293 e. The van der Waals surface area contributed by atoms with Gasteiger partial charge in [0.2, 0.25) is 0 Å². The Morgan fingerprint density at radius 2 is 1.91 bits per heavy atom.